The van der Waals surface area contributed by atoms with Crippen molar-refractivity contribution in [1.29, 1.82) is 0 Å². The second kappa shape index (κ2) is 5.82. The van der Waals surface area contributed by atoms with Crippen molar-refractivity contribution in [2.24, 2.45) is 5.92 Å². The van der Waals surface area contributed by atoms with Gasteiger partial charge in [0.1, 0.15) is 0 Å². The van der Waals surface area contributed by atoms with Gasteiger partial charge in [0.15, 0.2) is 0 Å². The molecule has 0 aromatic heterocycles. The number of amides is 1. The lowest BCUT2D eigenvalue weighted by Gasteiger charge is -2.18. The summed E-state index contributed by atoms with van der Waals surface area (Å²) in [7, 11) is 1.89. The van der Waals surface area contributed by atoms with Gasteiger partial charge in [0, 0.05) is 19.5 Å². The predicted octanol–water partition coefficient (Wildman–Crippen LogP) is 3.87. The van der Waals surface area contributed by atoms with Gasteiger partial charge in [-0.25, -0.2) is 0 Å². The van der Waals surface area contributed by atoms with Crippen LogP contribution in [0, 0.1) is 5.92 Å². The zero-order valence-electron chi connectivity index (χ0n) is 13.0. The van der Waals surface area contributed by atoms with Gasteiger partial charge in [-0.2, -0.15) is 0 Å². The van der Waals surface area contributed by atoms with Gasteiger partial charge in [-0.1, -0.05) is 57.2 Å². The number of benzene rings is 1. The fraction of sp³-hybridized carbons (Fsp3) is 0.500. The van der Waals surface area contributed by atoms with Crippen molar-refractivity contribution in [2.75, 3.05) is 13.6 Å². The van der Waals surface area contributed by atoms with Crippen LogP contribution in [0.4, 0.5) is 0 Å². The maximum absolute atomic E-state index is 11.8. The molecule has 2 nitrogen and oxygen atoms in total. The van der Waals surface area contributed by atoms with Crippen LogP contribution in [0.25, 0.3) is 6.08 Å². The Kier molecular flexibility index (Phi) is 4.32. The number of carbonyl (C=O) groups is 1. The van der Waals surface area contributed by atoms with Gasteiger partial charge in [-0.3, -0.25) is 4.79 Å². The van der Waals surface area contributed by atoms with Gasteiger partial charge in [-0.05, 0) is 29.4 Å². The van der Waals surface area contributed by atoms with Gasteiger partial charge < -0.3 is 4.90 Å². The summed E-state index contributed by atoms with van der Waals surface area (Å²) < 4.78 is 0. The number of likely N-dealkylation sites (tertiary alicyclic amines) is 1. The largest absolute Gasteiger partial charge is 0.345 e. The lowest BCUT2D eigenvalue weighted by Crippen LogP contribution is -2.22. The van der Waals surface area contributed by atoms with Crippen molar-refractivity contribution in [3.05, 3.63) is 41.5 Å². The highest BCUT2D eigenvalue weighted by atomic mass is 16.2. The minimum atomic E-state index is 0.185. The van der Waals surface area contributed by atoms with Crippen molar-refractivity contribution in [1.82, 2.24) is 4.90 Å². The first-order valence-electron chi connectivity index (χ1n) is 7.40. The first-order valence-corrected chi connectivity index (χ1v) is 7.40. The highest BCUT2D eigenvalue weighted by Crippen LogP contribution is 2.23. The molecule has 1 atom stereocenters. The third-order valence-electron chi connectivity index (χ3n) is 4.05. The molecule has 1 fully saturated rings. The van der Waals surface area contributed by atoms with Gasteiger partial charge in [-0.15, -0.1) is 0 Å². The molecule has 1 aliphatic heterocycles. The monoisotopic (exact) mass is 271 g/mol. The van der Waals surface area contributed by atoms with E-state index in [1.807, 2.05) is 11.9 Å². The molecule has 20 heavy (non-hydrogen) atoms. The first-order chi connectivity index (χ1) is 9.38. The molecule has 1 heterocycles. The van der Waals surface area contributed by atoms with Crippen LogP contribution in [-0.2, 0) is 10.2 Å². The van der Waals surface area contributed by atoms with Crippen LogP contribution >= 0.6 is 0 Å². The first kappa shape index (κ1) is 14.8. The molecular weight excluding hydrogens is 246 g/mol. The average molecular weight is 271 g/mol. The number of carbonyl (C=O) groups excluding carboxylic acids is 1. The van der Waals surface area contributed by atoms with Crippen LogP contribution in [0.15, 0.2) is 30.3 Å². The van der Waals surface area contributed by atoms with Gasteiger partial charge in [0.05, 0.1) is 0 Å². The van der Waals surface area contributed by atoms with E-state index in [4.69, 9.17) is 0 Å². The molecule has 0 radical (unpaired) electrons. The fourth-order valence-electron chi connectivity index (χ4n) is 2.58. The van der Waals surface area contributed by atoms with E-state index < -0.39 is 0 Å². The summed E-state index contributed by atoms with van der Waals surface area (Å²) in [6.45, 7) is 7.57. The van der Waals surface area contributed by atoms with E-state index >= 15 is 0 Å². The smallest absolute Gasteiger partial charge is 0.225 e. The van der Waals surface area contributed by atoms with Crippen LogP contribution < -0.4 is 0 Å². The summed E-state index contributed by atoms with van der Waals surface area (Å²) in [5, 5.41) is 0. The van der Waals surface area contributed by atoms with E-state index in [1.165, 1.54) is 11.1 Å². The number of allylic oxidation sites excluding steroid dienone is 1. The standard InChI is InChI=1S/C18H25NO/c1-18(2,3)16-10-8-14(9-11-16)6-5-7-15-12-13-19(4)17(15)20/h5-6,8-11,15H,7,12-13H2,1-4H3/b6-5+. The van der Waals surface area contributed by atoms with E-state index in [0.717, 1.165) is 19.4 Å². The second-order valence-corrected chi connectivity index (χ2v) is 6.76. The van der Waals surface area contributed by atoms with Gasteiger partial charge >= 0.3 is 0 Å². The molecule has 0 bridgehead atoms. The van der Waals surface area contributed by atoms with Crippen LogP contribution in [0.2, 0.25) is 0 Å². The second-order valence-electron chi connectivity index (χ2n) is 6.76. The summed E-state index contributed by atoms with van der Waals surface area (Å²) in [5.41, 5.74) is 2.75. The maximum atomic E-state index is 11.8. The highest BCUT2D eigenvalue weighted by molar-refractivity contribution is 5.80. The molecular formula is C18H25NO. The third-order valence-corrected chi connectivity index (χ3v) is 4.05. The Morgan fingerprint density at radius 3 is 2.40 bits per heavy atom. The molecule has 1 amide bonds. The Morgan fingerprint density at radius 1 is 1.25 bits per heavy atom. The summed E-state index contributed by atoms with van der Waals surface area (Å²) in [5.74, 6) is 0.475. The van der Waals surface area contributed by atoms with Crippen LogP contribution in [0.5, 0.6) is 0 Å². The van der Waals surface area contributed by atoms with E-state index in [9.17, 15) is 4.79 Å². The van der Waals surface area contributed by atoms with Crippen molar-refractivity contribution in [3.63, 3.8) is 0 Å². The minimum Gasteiger partial charge on any atom is -0.345 e. The molecule has 0 N–H and O–H groups in total. The topological polar surface area (TPSA) is 20.3 Å². The molecule has 108 valence electrons. The summed E-state index contributed by atoms with van der Waals surface area (Å²) in [4.78, 5) is 13.6. The van der Waals surface area contributed by atoms with E-state index in [1.54, 1.807) is 0 Å². The minimum absolute atomic E-state index is 0.185. The predicted molar refractivity (Wildman–Crippen MR) is 84.5 cm³/mol. The lowest BCUT2D eigenvalue weighted by molar-refractivity contribution is -0.129. The van der Waals surface area contributed by atoms with Crippen molar-refractivity contribution < 1.29 is 4.79 Å². The molecule has 0 aliphatic carbocycles. The molecule has 2 heteroatoms. The molecule has 1 aromatic carbocycles. The normalized spacial score (nSPS) is 20.1. The molecule has 0 spiro atoms. The Morgan fingerprint density at radius 2 is 1.90 bits per heavy atom. The molecule has 1 unspecified atom stereocenters. The van der Waals surface area contributed by atoms with Gasteiger partial charge in [0.2, 0.25) is 5.91 Å². The van der Waals surface area contributed by atoms with Crippen molar-refractivity contribution in [2.45, 2.75) is 39.0 Å². The average Bonchev–Trinajstić information content (AvgIpc) is 2.70. The van der Waals surface area contributed by atoms with Crippen LogP contribution in [0.3, 0.4) is 0 Å². The molecule has 2 rings (SSSR count). The van der Waals surface area contributed by atoms with Crippen molar-refractivity contribution in [3.8, 4) is 0 Å². The Balaban J connectivity index is 1.93. The molecule has 1 saturated heterocycles. The summed E-state index contributed by atoms with van der Waals surface area (Å²) in [6, 6.07) is 8.68. The highest BCUT2D eigenvalue weighted by Gasteiger charge is 2.27. The number of nitrogens with zero attached hydrogens (tertiary/aromatic N) is 1. The van der Waals surface area contributed by atoms with Crippen LogP contribution in [0.1, 0.15) is 44.7 Å². The Labute approximate surface area is 122 Å². The maximum Gasteiger partial charge on any atom is 0.225 e. The number of rotatable bonds is 3. The Bertz CT molecular complexity index is 493. The number of hydrogen-bond acceptors (Lipinski definition) is 1. The fourth-order valence-corrected chi connectivity index (χ4v) is 2.58. The quantitative estimate of drug-likeness (QED) is 0.817. The molecule has 1 aliphatic rings. The third kappa shape index (κ3) is 3.50. The van der Waals surface area contributed by atoms with E-state index in [0.29, 0.717) is 0 Å². The SMILES string of the molecule is CN1CCC(C/C=C/c2ccc(C(C)(C)C)cc2)C1=O. The van der Waals surface area contributed by atoms with Gasteiger partial charge in [0.25, 0.3) is 0 Å². The summed E-state index contributed by atoms with van der Waals surface area (Å²) >= 11 is 0. The Hall–Kier alpha value is -1.57. The molecule has 1 aromatic rings. The van der Waals surface area contributed by atoms with E-state index in [-0.39, 0.29) is 17.2 Å². The zero-order valence-corrected chi connectivity index (χ0v) is 13.0. The van der Waals surface area contributed by atoms with E-state index in [2.05, 4.69) is 57.2 Å². The zero-order chi connectivity index (χ0) is 14.8. The van der Waals surface area contributed by atoms with Crippen molar-refractivity contribution >= 4 is 12.0 Å². The summed E-state index contributed by atoms with van der Waals surface area (Å²) in [6.07, 6.45) is 6.10. The molecule has 0 saturated carbocycles. The van der Waals surface area contributed by atoms with Crippen LogP contribution in [-0.4, -0.2) is 24.4 Å². The number of hydrogen-bond donors (Lipinski definition) is 0. The lowest BCUT2D eigenvalue weighted by atomic mass is 9.87.